The molecule has 0 radical (unpaired) electrons. The van der Waals surface area contributed by atoms with Gasteiger partial charge in [0.05, 0.1) is 0 Å². The third kappa shape index (κ3) is 3.66. The van der Waals surface area contributed by atoms with Crippen molar-refractivity contribution >= 4 is 35.1 Å². The topological polar surface area (TPSA) is 54.9 Å². The monoisotopic (exact) mass is 295 g/mol. The summed E-state index contributed by atoms with van der Waals surface area (Å²) < 4.78 is 0. The SMILES string of the molecule is Cc1cc(Cl)cc(C(=O)Nc2nc(C)cc(Cl)n2)c1. The Kier molecular flexibility index (Phi) is 4.02. The average Bonchev–Trinajstić information content (AvgIpc) is 2.25. The minimum Gasteiger partial charge on any atom is -0.290 e. The normalized spacial score (nSPS) is 10.3. The van der Waals surface area contributed by atoms with Gasteiger partial charge in [-0.05, 0) is 43.7 Å². The Morgan fingerprint density at radius 1 is 1.11 bits per heavy atom. The van der Waals surface area contributed by atoms with Crippen molar-refractivity contribution < 1.29 is 4.79 Å². The third-order valence-corrected chi connectivity index (χ3v) is 2.76. The summed E-state index contributed by atoms with van der Waals surface area (Å²) in [5.41, 5.74) is 2.03. The molecule has 1 aromatic carbocycles. The van der Waals surface area contributed by atoms with Gasteiger partial charge in [-0.25, -0.2) is 9.97 Å². The van der Waals surface area contributed by atoms with Crippen LogP contribution in [0, 0.1) is 13.8 Å². The van der Waals surface area contributed by atoms with Gasteiger partial charge < -0.3 is 0 Å². The van der Waals surface area contributed by atoms with E-state index in [9.17, 15) is 4.79 Å². The number of carbonyl (C=O) groups is 1. The molecule has 0 bridgehead atoms. The van der Waals surface area contributed by atoms with E-state index in [1.807, 2.05) is 6.92 Å². The number of hydrogen-bond donors (Lipinski definition) is 1. The maximum absolute atomic E-state index is 12.0. The number of hydrogen-bond acceptors (Lipinski definition) is 3. The van der Waals surface area contributed by atoms with E-state index in [0.29, 0.717) is 16.3 Å². The zero-order valence-electron chi connectivity index (χ0n) is 10.4. The molecule has 6 heteroatoms. The summed E-state index contributed by atoms with van der Waals surface area (Å²) in [5.74, 6) is -0.153. The predicted molar refractivity (Wildman–Crippen MR) is 75.9 cm³/mol. The van der Waals surface area contributed by atoms with Crippen LogP contribution in [0.3, 0.4) is 0 Å². The first-order valence-electron chi connectivity index (χ1n) is 5.54. The highest BCUT2D eigenvalue weighted by atomic mass is 35.5. The molecule has 0 atom stereocenters. The molecule has 0 saturated carbocycles. The Hall–Kier alpha value is -1.65. The fraction of sp³-hybridized carbons (Fsp3) is 0.154. The predicted octanol–water partition coefficient (Wildman–Crippen LogP) is 3.65. The van der Waals surface area contributed by atoms with Crippen LogP contribution in [0.25, 0.3) is 0 Å². The molecule has 1 aromatic heterocycles. The highest BCUT2D eigenvalue weighted by Crippen LogP contribution is 2.16. The Morgan fingerprint density at radius 2 is 1.84 bits per heavy atom. The molecule has 2 rings (SSSR count). The van der Waals surface area contributed by atoms with Gasteiger partial charge in [0, 0.05) is 16.3 Å². The summed E-state index contributed by atoms with van der Waals surface area (Å²) in [6.07, 6.45) is 0. The van der Waals surface area contributed by atoms with Gasteiger partial charge in [0.15, 0.2) is 0 Å². The zero-order valence-corrected chi connectivity index (χ0v) is 11.9. The lowest BCUT2D eigenvalue weighted by molar-refractivity contribution is 0.102. The first-order valence-corrected chi connectivity index (χ1v) is 6.29. The van der Waals surface area contributed by atoms with Crippen molar-refractivity contribution in [2.45, 2.75) is 13.8 Å². The number of nitrogens with one attached hydrogen (secondary N) is 1. The molecule has 19 heavy (non-hydrogen) atoms. The zero-order chi connectivity index (χ0) is 14.0. The van der Waals surface area contributed by atoms with Gasteiger partial charge in [0.1, 0.15) is 5.15 Å². The summed E-state index contributed by atoms with van der Waals surface area (Å²) in [7, 11) is 0. The molecule has 0 unspecified atom stereocenters. The number of halogens is 2. The number of amides is 1. The summed E-state index contributed by atoms with van der Waals surface area (Å²) in [6.45, 7) is 3.63. The summed E-state index contributed by atoms with van der Waals surface area (Å²) in [6, 6.07) is 6.71. The van der Waals surface area contributed by atoms with E-state index in [-0.39, 0.29) is 17.0 Å². The maximum atomic E-state index is 12.0. The fourth-order valence-electron chi connectivity index (χ4n) is 1.63. The standard InChI is InChI=1S/C13H11Cl2N3O/c1-7-3-9(6-10(14)4-7)12(19)18-13-16-8(2)5-11(15)17-13/h3-6H,1-2H3,(H,16,17,18,19). The van der Waals surface area contributed by atoms with Crippen LogP contribution in [0.2, 0.25) is 10.2 Å². The molecule has 2 aromatic rings. The van der Waals surface area contributed by atoms with Crippen LogP contribution in [-0.2, 0) is 0 Å². The van der Waals surface area contributed by atoms with Crippen molar-refractivity contribution in [3.8, 4) is 0 Å². The molecular weight excluding hydrogens is 285 g/mol. The van der Waals surface area contributed by atoms with E-state index in [1.165, 1.54) is 0 Å². The smallest absolute Gasteiger partial charge is 0.258 e. The molecule has 0 aliphatic carbocycles. The Labute approximate surface area is 120 Å². The van der Waals surface area contributed by atoms with Gasteiger partial charge in [-0.2, -0.15) is 0 Å². The Balaban J connectivity index is 2.25. The Morgan fingerprint density at radius 3 is 2.47 bits per heavy atom. The number of carbonyl (C=O) groups excluding carboxylic acids is 1. The largest absolute Gasteiger partial charge is 0.290 e. The van der Waals surface area contributed by atoms with Gasteiger partial charge in [0.2, 0.25) is 5.95 Å². The molecule has 4 nitrogen and oxygen atoms in total. The number of anilines is 1. The number of rotatable bonds is 2. The van der Waals surface area contributed by atoms with Crippen molar-refractivity contribution in [2.24, 2.45) is 0 Å². The lowest BCUT2D eigenvalue weighted by Gasteiger charge is -2.06. The number of nitrogens with zero attached hydrogens (tertiary/aromatic N) is 2. The van der Waals surface area contributed by atoms with Crippen molar-refractivity contribution in [3.63, 3.8) is 0 Å². The molecule has 1 N–H and O–H groups in total. The second-order valence-electron chi connectivity index (χ2n) is 4.13. The van der Waals surface area contributed by atoms with Gasteiger partial charge in [-0.15, -0.1) is 0 Å². The Bertz CT molecular complexity index is 603. The van der Waals surface area contributed by atoms with Crippen molar-refractivity contribution in [1.82, 2.24) is 9.97 Å². The van der Waals surface area contributed by atoms with Crippen LogP contribution in [0.5, 0.6) is 0 Å². The van der Waals surface area contributed by atoms with E-state index in [4.69, 9.17) is 23.2 Å². The van der Waals surface area contributed by atoms with Crippen LogP contribution >= 0.6 is 23.2 Å². The number of benzene rings is 1. The quantitative estimate of drug-likeness (QED) is 0.861. The molecule has 1 heterocycles. The van der Waals surface area contributed by atoms with Crippen LogP contribution in [0.4, 0.5) is 5.95 Å². The van der Waals surface area contributed by atoms with E-state index in [2.05, 4.69) is 15.3 Å². The summed E-state index contributed by atoms with van der Waals surface area (Å²) in [4.78, 5) is 20.1. The summed E-state index contributed by atoms with van der Waals surface area (Å²) >= 11 is 11.7. The highest BCUT2D eigenvalue weighted by molar-refractivity contribution is 6.31. The van der Waals surface area contributed by atoms with E-state index in [0.717, 1.165) is 5.56 Å². The van der Waals surface area contributed by atoms with E-state index in [1.54, 1.807) is 31.2 Å². The van der Waals surface area contributed by atoms with Crippen molar-refractivity contribution in [1.29, 1.82) is 0 Å². The molecular formula is C13H11Cl2N3O. The second kappa shape index (κ2) is 5.55. The van der Waals surface area contributed by atoms with E-state index >= 15 is 0 Å². The van der Waals surface area contributed by atoms with Gasteiger partial charge in [-0.3, -0.25) is 10.1 Å². The molecule has 0 spiro atoms. The second-order valence-corrected chi connectivity index (χ2v) is 4.95. The van der Waals surface area contributed by atoms with Gasteiger partial charge in [0.25, 0.3) is 5.91 Å². The summed E-state index contributed by atoms with van der Waals surface area (Å²) in [5, 5.41) is 3.38. The lowest BCUT2D eigenvalue weighted by atomic mass is 10.1. The molecule has 0 aliphatic rings. The van der Waals surface area contributed by atoms with Crippen LogP contribution in [0.15, 0.2) is 24.3 Å². The first kappa shape index (κ1) is 13.8. The van der Waals surface area contributed by atoms with Crippen molar-refractivity contribution in [2.75, 3.05) is 5.32 Å². The third-order valence-electron chi connectivity index (χ3n) is 2.35. The van der Waals surface area contributed by atoms with Crippen molar-refractivity contribution in [3.05, 3.63) is 51.3 Å². The molecule has 98 valence electrons. The maximum Gasteiger partial charge on any atom is 0.258 e. The molecule has 0 aliphatic heterocycles. The minimum atomic E-state index is -0.327. The minimum absolute atomic E-state index is 0.174. The highest BCUT2D eigenvalue weighted by Gasteiger charge is 2.10. The lowest BCUT2D eigenvalue weighted by Crippen LogP contribution is -2.14. The molecule has 0 saturated heterocycles. The fourth-order valence-corrected chi connectivity index (χ4v) is 2.15. The van der Waals surface area contributed by atoms with Gasteiger partial charge in [-0.1, -0.05) is 23.2 Å². The van der Waals surface area contributed by atoms with Crippen LogP contribution < -0.4 is 5.32 Å². The first-order chi connectivity index (χ1) is 8.94. The average molecular weight is 296 g/mol. The van der Waals surface area contributed by atoms with E-state index < -0.39 is 0 Å². The number of aromatic nitrogens is 2. The van der Waals surface area contributed by atoms with Crippen LogP contribution in [0.1, 0.15) is 21.6 Å². The molecule has 0 fully saturated rings. The number of aryl methyl sites for hydroxylation is 2. The molecule has 1 amide bonds. The van der Waals surface area contributed by atoms with Crippen LogP contribution in [-0.4, -0.2) is 15.9 Å². The van der Waals surface area contributed by atoms with Gasteiger partial charge >= 0.3 is 0 Å².